The van der Waals surface area contributed by atoms with E-state index in [0.717, 1.165) is 23.1 Å². The molecule has 1 aromatic carbocycles. The molecule has 18 heavy (non-hydrogen) atoms. The summed E-state index contributed by atoms with van der Waals surface area (Å²) in [5.41, 5.74) is 0.869. The first kappa shape index (κ1) is 13.6. The number of benzene rings is 1. The van der Waals surface area contributed by atoms with Crippen LogP contribution in [0.3, 0.4) is 0 Å². The highest BCUT2D eigenvalue weighted by molar-refractivity contribution is 8.15. The van der Waals surface area contributed by atoms with E-state index in [2.05, 4.69) is 17.2 Å². The summed E-state index contributed by atoms with van der Waals surface area (Å²) < 4.78 is 5.30. The molecular formula is C13H17ClN2OS. The largest absolute Gasteiger partial charge is 0.495 e. The number of amidine groups is 1. The zero-order chi connectivity index (χ0) is 13.0. The molecule has 1 atom stereocenters. The number of anilines is 1. The van der Waals surface area contributed by atoms with E-state index < -0.39 is 0 Å². The van der Waals surface area contributed by atoms with Gasteiger partial charge in [-0.2, -0.15) is 0 Å². The van der Waals surface area contributed by atoms with E-state index in [1.165, 1.54) is 12.8 Å². The molecule has 0 bridgehead atoms. The van der Waals surface area contributed by atoms with Gasteiger partial charge in [-0.15, -0.1) is 0 Å². The van der Waals surface area contributed by atoms with E-state index >= 15 is 0 Å². The minimum atomic E-state index is 0.600. The van der Waals surface area contributed by atoms with Crippen LogP contribution < -0.4 is 10.1 Å². The van der Waals surface area contributed by atoms with Crippen LogP contribution in [0.25, 0.3) is 0 Å². The van der Waals surface area contributed by atoms with E-state index in [-0.39, 0.29) is 0 Å². The predicted molar refractivity (Wildman–Crippen MR) is 80.2 cm³/mol. The first-order chi connectivity index (χ1) is 8.72. The van der Waals surface area contributed by atoms with Crippen LogP contribution in [0, 0.1) is 0 Å². The number of aliphatic imine (C=N–C) groups is 1. The van der Waals surface area contributed by atoms with Gasteiger partial charge in [0.25, 0.3) is 0 Å². The van der Waals surface area contributed by atoms with Gasteiger partial charge in [0.2, 0.25) is 0 Å². The van der Waals surface area contributed by atoms with Crippen molar-refractivity contribution in [3.63, 3.8) is 0 Å². The Kier molecular flexibility index (Phi) is 4.78. The third-order valence-corrected chi connectivity index (χ3v) is 4.14. The van der Waals surface area contributed by atoms with Crippen molar-refractivity contribution in [2.24, 2.45) is 4.99 Å². The fourth-order valence-corrected chi connectivity index (χ4v) is 3.16. The van der Waals surface area contributed by atoms with Crippen molar-refractivity contribution in [2.45, 2.75) is 25.0 Å². The Labute approximate surface area is 117 Å². The summed E-state index contributed by atoms with van der Waals surface area (Å²) in [7, 11) is 1.65. The average Bonchev–Trinajstić information content (AvgIpc) is 2.77. The molecule has 1 unspecified atom stereocenters. The molecule has 3 nitrogen and oxygen atoms in total. The van der Waals surface area contributed by atoms with Gasteiger partial charge in [0, 0.05) is 10.3 Å². The maximum Gasteiger partial charge on any atom is 0.161 e. The highest BCUT2D eigenvalue weighted by atomic mass is 35.5. The fourth-order valence-electron chi connectivity index (χ4n) is 1.85. The van der Waals surface area contributed by atoms with E-state index in [9.17, 15) is 0 Å². The minimum Gasteiger partial charge on any atom is -0.495 e. The first-order valence-corrected chi connectivity index (χ1v) is 7.30. The normalized spacial score (nSPS) is 18.6. The number of hydrogen-bond donors (Lipinski definition) is 1. The van der Waals surface area contributed by atoms with E-state index in [1.54, 1.807) is 18.9 Å². The molecule has 0 saturated carbocycles. The Hall–Kier alpha value is -0.870. The zero-order valence-electron chi connectivity index (χ0n) is 10.6. The molecule has 1 aromatic rings. The van der Waals surface area contributed by atoms with Crippen LogP contribution >= 0.6 is 23.4 Å². The lowest BCUT2D eigenvalue weighted by molar-refractivity contribution is 0.417. The molecule has 0 radical (unpaired) electrons. The van der Waals surface area contributed by atoms with Crippen molar-refractivity contribution in [2.75, 3.05) is 19.0 Å². The smallest absolute Gasteiger partial charge is 0.161 e. The molecule has 1 N–H and O–H groups in total. The van der Waals surface area contributed by atoms with Crippen LogP contribution in [0.4, 0.5) is 5.69 Å². The van der Waals surface area contributed by atoms with Crippen molar-refractivity contribution in [1.82, 2.24) is 0 Å². The zero-order valence-corrected chi connectivity index (χ0v) is 12.1. The Bertz CT molecular complexity index is 451. The number of nitrogens with one attached hydrogen (secondary N) is 1. The summed E-state index contributed by atoms with van der Waals surface area (Å²) >= 11 is 7.79. The Morgan fingerprint density at radius 3 is 3.11 bits per heavy atom. The second-order valence-corrected chi connectivity index (χ2v) is 5.87. The number of thioether (sulfide) groups is 1. The summed E-state index contributed by atoms with van der Waals surface area (Å²) in [4.78, 5) is 4.51. The number of rotatable bonds is 4. The molecule has 0 saturated heterocycles. The Balaban J connectivity index is 2.04. The minimum absolute atomic E-state index is 0.600. The standard InChI is InChI=1S/C13H17ClN2OS/c1-3-4-10-8-15-13(18-10)16-11-7-9(14)5-6-12(11)17-2/h5-7,10H,3-4,8H2,1-2H3,(H,15,16). The average molecular weight is 285 g/mol. The lowest BCUT2D eigenvalue weighted by Crippen LogP contribution is -2.08. The highest BCUT2D eigenvalue weighted by Crippen LogP contribution is 2.31. The van der Waals surface area contributed by atoms with Crippen LogP contribution in [-0.4, -0.2) is 24.1 Å². The van der Waals surface area contributed by atoms with Gasteiger partial charge in [-0.25, -0.2) is 0 Å². The molecule has 0 aromatic heterocycles. The first-order valence-electron chi connectivity index (χ1n) is 6.04. The van der Waals surface area contributed by atoms with Crippen LogP contribution in [0.5, 0.6) is 5.75 Å². The van der Waals surface area contributed by atoms with Crippen molar-refractivity contribution in [1.29, 1.82) is 0 Å². The SMILES string of the molecule is CCCC1CN=C(Nc2cc(Cl)ccc2OC)S1. The third-order valence-electron chi connectivity index (χ3n) is 2.73. The molecule has 1 aliphatic rings. The molecule has 0 fully saturated rings. The van der Waals surface area contributed by atoms with E-state index in [0.29, 0.717) is 10.3 Å². The number of methoxy groups -OCH3 is 1. The van der Waals surface area contributed by atoms with Gasteiger partial charge in [0.15, 0.2) is 5.17 Å². The molecule has 1 aliphatic heterocycles. The quantitative estimate of drug-likeness (QED) is 0.906. The van der Waals surface area contributed by atoms with Crippen LogP contribution in [0.2, 0.25) is 5.02 Å². The van der Waals surface area contributed by atoms with Crippen molar-refractivity contribution < 1.29 is 4.74 Å². The second kappa shape index (κ2) is 6.34. The predicted octanol–water partition coefficient (Wildman–Crippen LogP) is 4.03. The van der Waals surface area contributed by atoms with Gasteiger partial charge < -0.3 is 10.1 Å². The molecule has 5 heteroatoms. The second-order valence-electron chi connectivity index (χ2n) is 4.14. The summed E-state index contributed by atoms with van der Waals surface area (Å²) in [6.07, 6.45) is 2.40. The van der Waals surface area contributed by atoms with E-state index in [4.69, 9.17) is 16.3 Å². The van der Waals surface area contributed by atoms with Gasteiger partial charge in [-0.05, 0) is 24.6 Å². The molecule has 98 valence electrons. The lowest BCUT2D eigenvalue weighted by Gasteiger charge is -2.11. The number of halogens is 1. The molecule has 2 rings (SSSR count). The van der Waals surface area contributed by atoms with Gasteiger partial charge in [-0.1, -0.05) is 36.7 Å². The van der Waals surface area contributed by atoms with Gasteiger partial charge >= 0.3 is 0 Å². The number of nitrogens with zero attached hydrogens (tertiary/aromatic N) is 1. The number of ether oxygens (including phenoxy) is 1. The Morgan fingerprint density at radius 1 is 1.56 bits per heavy atom. The van der Waals surface area contributed by atoms with Crippen molar-refractivity contribution in [3.8, 4) is 5.75 Å². The summed E-state index contributed by atoms with van der Waals surface area (Å²) in [6, 6.07) is 5.53. The fraction of sp³-hybridized carbons (Fsp3) is 0.462. The molecule has 0 spiro atoms. The van der Waals surface area contributed by atoms with Crippen molar-refractivity contribution in [3.05, 3.63) is 23.2 Å². The number of hydrogen-bond acceptors (Lipinski definition) is 4. The molecule has 0 aliphatic carbocycles. The maximum absolute atomic E-state index is 6.00. The van der Waals surface area contributed by atoms with Gasteiger partial charge in [0.1, 0.15) is 5.75 Å². The molecule has 0 amide bonds. The molecule has 1 heterocycles. The van der Waals surface area contributed by atoms with Crippen LogP contribution in [0.15, 0.2) is 23.2 Å². The maximum atomic E-state index is 6.00. The molecular weight excluding hydrogens is 268 g/mol. The topological polar surface area (TPSA) is 33.6 Å². The van der Waals surface area contributed by atoms with Crippen LogP contribution in [-0.2, 0) is 0 Å². The van der Waals surface area contributed by atoms with Gasteiger partial charge in [-0.3, -0.25) is 4.99 Å². The lowest BCUT2D eigenvalue weighted by atomic mass is 10.2. The van der Waals surface area contributed by atoms with E-state index in [1.807, 2.05) is 18.2 Å². The monoisotopic (exact) mass is 284 g/mol. The van der Waals surface area contributed by atoms with Gasteiger partial charge in [0.05, 0.1) is 19.3 Å². The highest BCUT2D eigenvalue weighted by Gasteiger charge is 2.19. The third kappa shape index (κ3) is 3.33. The summed E-state index contributed by atoms with van der Waals surface area (Å²) in [5, 5.41) is 5.53. The van der Waals surface area contributed by atoms with Crippen molar-refractivity contribution >= 4 is 34.2 Å². The Morgan fingerprint density at radius 2 is 2.39 bits per heavy atom. The van der Waals surface area contributed by atoms with Crippen LogP contribution in [0.1, 0.15) is 19.8 Å². The summed E-state index contributed by atoms with van der Waals surface area (Å²) in [6.45, 7) is 3.09. The summed E-state index contributed by atoms with van der Waals surface area (Å²) in [5.74, 6) is 0.779.